The van der Waals surface area contributed by atoms with Crippen molar-refractivity contribution in [2.75, 3.05) is 5.32 Å². The molecule has 0 bridgehead atoms. The number of aromatic nitrogens is 2. The standard InChI is InChI=1S/C11H9N3O2/c15-9-4-2-1-3-8(9)11(16)14-10-5-6-12-7-13-10/h1-7,15H,(H,12,13,14,16). The van der Waals surface area contributed by atoms with Crippen LogP contribution in [-0.4, -0.2) is 21.0 Å². The summed E-state index contributed by atoms with van der Waals surface area (Å²) in [6, 6.07) is 7.88. The van der Waals surface area contributed by atoms with Crippen LogP contribution in [0.15, 0.2) is 42.9 Å². The van der Waals surface area contributed by atoms with E-state index in [1.165, 1.54) is 24.7 Å². The minimum absolute atomic E-state index is 0.0611. The van der Waals surface area contributed by atoms with E-state index < -0.39 is 5.91 Å². The Morgan fingerprint density at radius 2 is 2.06 bits per heavy atom. The van der Waals surface area contributed by atoms with Gasteiger partial charge in [-0.25, -0.2) is 9.97 Å². The quantitative estimate of drug-likeness (QED) is 0.794. The Bertz CT molecular complexity index is 500. The van der Waals surface area contributed by atoms with Crippen molar-refractivity contribution in [2.45, 2.75) is 0 Å². The van der Waals surface area contributed by atoms with Gasteiger partial charge >= 0.3 is 0 Å². The molecule has 1 heterocycles. The molecule has 80 valence electrons. The summed E-state index contributed by atoms with van der Waals surface area (Å²) in [5.41, 5.74) is 0.209. The van der Waals surface area contributed by atoms with E-state index in [2.05, 4.69) is 15.3 Å². The number of phenols is 1. The molecule has 0 atom stereocenters. The predicted octanol–water partition coefficient (Wildman–Crippen LogP) is 1.43. The molecule has 2 aromatic rings. The van der Waals surface area contributed by atoms with Crippen LogP contribution in [0.2, 0.25) is 0 Å². The average Bonchev–Trinajstić information content (AvgIpc) is 2.31. The number of carbonyl (C=O) groups is 1. The fourth-order valence-corrected chi connectivity index (χ4v) is 1.21. The summed E-state index contributed by atoms with van der Waals surface area (Å²) in [6.45, 7) is 0. The first kappa shape index (κ1) is 10.1. The summed E-state index contributed by atoms with van der Waals surface area (Å²) in [7, 11) is 0. The first-order valence-electron chi connectivity index (χ1n) is 4.63. The largest absolute Gasteiger partial charge is 0.507 e. The number of amides is 1. The van der Waals surface area contributed by atoms with Crippen molar-refractivity contribution < 1.29 is 9.90 Å². The van der Waals surface area contributed by atoms with Crippen molar-refractivity contribution in [2.24, 2.45) is 0 Å². The van der Waals surface area contributed by atoms with Gasteiger partial charge in [0.2, 0.25) is 0 Å². The van der Waals surface area contributed by atoms with Gasteiger partial charge in [0.05, 0.1) is 5.56 Å². The zero-order valence-electron chi connectivity index (χ0n) is 8.29. The number of carbonyl (C=O) groups excluding carboxylic acids is 1. The molecule has 0 aliphatic heterocycles. The second-order valence-corrected chi connectivity index (χ2v) is 3.07. The maximum atomic E-state index is 11.7. The molecule has 0 saturated heterocycles. The van der Waals surface area contributed by atoms with E-state index >= 15 is 0 Å². The Morgan fingerprint density at radius 3 is 2.75 bits per heavy atom. The SMILES string of the molecule is O=C(Nc1ccncn1)c1ccccc1O. The molecule has 16 heavy (non-hydrogen) atoms. The van der Waals surface area contributed by atoms with E-state index in [1.54, 1.807) is 18.2 Å². The van der Waals surface area contributed by atoms with E-state index in [-0.39, 0.29) is 11.3 Å². The van der Waals surface area contributed by atoms with E-state index in [1.807, 2.05) is 0 Å². The number of aromatic hydroxyl groups is 1. The van der Waals surface area contributed by atoms with E-state index in [4.69, 9.17) is 0 Å². The van der Waals surface area contributed by atoms with Crippen LogP contribution < -0.4 is 5.32 Å². The summed E-state index contributed by atoms with van der Waals surface area (Å²) in [5, 5.41) is 12.0. The van der Waals surface area contributed by atoms with Gasteiger partial charge in [-0.3, -0.25) is 4.79 Å². The molecule has 0 unspecified atom stereocenters. The molecule has 1 aromatic carbocycles. The van der Waals surface area contributed by atoms with Crippen LogP contribution in [0.4, 0.5) is 5.82 Å². The molecule has 0 spiro atoms. The third-order valence-electron chi connectivity index (χ3n) is 1.97. The molecule has 0 aliphatic rings. The highest BCUT2D eigenvalue weighted by atomic mass is 16.3. The maximum absolute atomic E-state index is 11.7. The number of nitrogens with zero attached hydrogens (tertiary/aromatic N) is 2. The van der Waals surface area contributed by atoms with Crippen LogP contribution in [0, 0.1) is 0 Å². The lowest BCUT2D eigenvalue weighted by Crippen LogP contribution is -2.12. The fourth-order valence-electron chi connectivity index (χ4n) is 1.21. The molecule has 0 saturated carbocycles. The molecule has 1 amide bonds. The maximum Gasteiger partial charge on any atom is 0.260 e. The number of anilines is 1. The molecule has 2 rings (SSSR count). The topological polar surface area (TPSA) is 75.1 Å². The van der Waals surface area contributed by atoms with Crippen molar-refractivity contribution in [3.63, 3.8) is 0 Å². The van der Waals surface area contributed by atoms with Gasteiger partial charge in [-0.15, -0.1) is 0 Å². The van der Waals surface area contributed by atoms with Gasteiger partial charge < -0.3 is 10.4 Å². The summed E-state index contributed by atoms with van der Waals surface area (Å²) < 4.78 is 0. The molecule has 2 N–H and O–H groups in total. The van der Waals surface area contributed by atoms with Crippen LogP contribution >= 0.6 is 0 Å². The zero-order chi connectivity index (χ0) is 11.4. The first-order valence-corrected chi connectivity index (χ1v) is 4.63. The van der Waals surface area contributed by atoms with Gasteiger partial charge in [-0.2, -0.15) is 0 Å². The van der Waals surface area contributed by atoms with Gasteiger partial charge in [-0.1, -0.05) is 12.1 Å². The lowest BCUT2D eigenvalue weighted by molar-refractivity contribution is 0.102. The van der Waals surface area contributed by atoms with Gasteiger partial charge in [0, 0.05) is 6.20 Å². The Kier molecular flexibility index (Phi) is 2.77. The van der Waals surface area contributed by atoms with Gasteiger partial charge in [0.15, 0.2) is 0 Å². The van der Waals surface area contributed by atoms with E-state index in [9.17, 15) is 9.90 Å². The lowest BCUT2D eigenvalue weighted by atomic mass is 10.2. The summed E-state index contributed by atoms with van der Waals surface area (Å²) in [6.07, 6.45) is 2.86. The van der Waals surface area contributed by atoms with Crippen LogP contribution in [0.5, 0.6) is 5.75 Å². The smallest absolute Gasteiger partial charge is 0.260 e. The number of hydrogen-bond acceptors (Lipinski definition) is 4. The normalized spacial score (nSPS) is 9.75. The molecule has 0 radical (unpaired) electrons. The molecule has 5 heteroatoms. The van der Waals surface area contributed by atoms with Crippen molar-refractivity contribution in [1.29, 1.82) is 0 Å². The molecule has 1 aromatic heterocycles. The second kappa shape index (κ2) is 4.39. The predicted molar refractivity (Wildman–Crippen MR) is 58.1 cm³/mol. The Hall–Kier alpha value is -2.43. The summed E-state index contributed by atoms with van der Waals surface area (Å²) >= 11 is 0. The molecule has 5 nitrogen and oxygen atoms in total. The van der Waals surface area contributed by atoms with Crippen molar-refractivity contribution in [3.8, 4) is 5.75 Å². The monoisotopic (exact) mass is 215 g/mol. The summed E-state index contributed by atoms with van der Waals surface area (Å²) in [5.74, 6) is -0.0749. The molecule has 0 fully saturated rings. The fraction of sp³-hybridized carbons (Fsp3) is 0. The first-order chi connectivity index (χ1) is 7.77. The third kappa shape index (κ3) is 2.14. The number of benzene rings is 1. The number of nitrogens with one attached hydrogen (secondary N) is 1. The number of hydrogen-bond donors (Lipinski definition) is 2. The van der Waals surface area contributed by atoms with Crippen LogP contribution in [0.1, 0.15) is 10.4 Å². The van der Waals surface area contributed by atoms with Gasteiger partial charge in [0.25, 0.3) is 5.91 Å². The highest BCUT2D eigenvalue weighted by molar-refractivity contribution is 6.05. The van der Waals surface area contributed by atoms with Crippen LogP contribution in [0.25, 0.3) is 0 Å². The van der Waals surface area contributed by atoms with Gasteiger partial charge in [-0.05, 0) is 18.2 Å². The van der Waals surface area contributed by atoms with Crippen LogP contribution in [0.3, 0.4) is 0 Å². The van der Waals surface area contributed by atoms with Crippen molar-refractivity contribution in [1.82, 2.24) is 9.97 Å². The minimum atomic E-state index is -0.406. The Balaban J connectivity index is 2.19. The van der Waals surface area contributed by atoms with Crippen molar-refractivity contribution >= 4 is 11.7 Å². The van der Waals surface area contributed by atoms with E-state index in [0.717, 1.165) is 0 Å². The second-order valence-electron chi connectivity index (χ2n) is 3.07. The number of rotatable bonds is 2. The highest BCUT2D eigenvalue weighted by Gasteiger charge is 2.10. The summed E-state index contributed by atoms with van der Waals surface area (Å²) in [4.78, 5) is 19.3. The van der Waals surface area contributed by atoms with Gasteiger partial charge in [0.1, 0.15) is 17.9 Å². The highest BCUT2D eigenvalue weighted by Crippen LogP contribution is 2.16. The van der Waals surface area contributed by atoms with E-state index in [0.29, 0.717) is 5.82 Å². The molecular weight excluding hydrogens is 206 g/mol. The number of para-hydroxylation sites is 1. The Morgan fingerprint density at radius 1 is 1.25 bits per heavy atom. The Labute approximate surface area is 91.8 Å². The third-order valence-corrected chi connectivity index (χ3v) is 1.97. The van der Waals surface area contributed by atoms with Crippen LogP contribution in [-0.2, 0) is 0 Å². The molecule has 0 aliphatic carbocycles. The average molecular weight is 215 g/mol. The zero-order valence-corrected chi connectivity index (χ0v) is 8.29. The number of phenolic OH excluding ortho intramolecular Hbond substituents is 1. The minimum Gasteiger partial charge on any atom is -0.507 e. The molecular formula is C11H9N3O2. The lowest BCUT2D eigenvalue weighted by Gasteiger charge is -2.04. The van der Waals surface area contributed by atoms with Crippen molar-refractivity contribution in [3.05, 3.63) is 48.4 Å².